The Kier molecular flexibility index (Phi) is 3.54. The SMILES string of the molecule is CN(C)c1cc(NC2CCCc3ccccc32)ncn1. The lowest BCUT2D eigenvalue weighted by molar-refractivity contribution is 0.598. The second-order valence-electron chi connectivity index (χ2n) is 5.44. The highest BCUT2D eigenvalue weighted by Gasteiger charge is 2.19. The van der Waals surface area contributed by atoms with Crippen LogP contribution in [0.5, 0.6) is 0 Å². The Morgan fingerprint density at radius 3 is 2.90 bits per heavy atom. The van der Waals surface area contributed by atoms with Crippen molar-refractivity contribution >= 4 is 11.6 Å². The van der Waals surface area contributed by atoms with E-state index < -0.39 is 0 Å². The summed E-state index contributed by atoms with van der Waals surface area (Å²) in [6, 6.07) is 11.0. The quantitative estimate of drug-likeness (QED) is 0.929. The molecule has 3 rings (SSSR count). The predicted molar refractivity (Wildman–Crippen MR) is 82.1 cm³/mol. The standard InChI is InChI=1S/C16H20N4/c1-20(2)16-10-15(17-11-18-16)19-14-9-5-7-12-6-3-4-8-13(12)14/h3-4,6,8,10-11,14H,5,7,9H2,1-2H3,(H,17,18,19). The number of aromatic nitrogens is 2. The maximum Gasteiger partial charge on any atom is 0.133 e. The molecule has 0 saturated heterocycles. The van der Waals surface area contributed by atoms with Crippen molar-refractivity contribution in [3.05, 3.63) is 47.8 Å². The minimum atomic E-state index is 0.352. The number of anilines is 2. The summed E-state index contributed by atoms with van der Waals surface area (Å²) in [4.78, 5) is 10.6. The third kappa shape index (κ3) is 2.59. The summed E-state index contributed by atoms with van der Waals surface area (Å²) in [6.07, 6.45) is 5.17. The minimum Gasteiger partial charge on any atom is -0.363 e. The predicted octanol–water partition coefficient (Wildman–Crippen LogP) is 3.03. The fourth-order valence-electron chi connectivity index (χ4n) is 2.75. The molecule has 0 bridgehead atoms. The van der Waals surface area contributed by atoms with Crippen molar-refractivity contribution in [1.82, 2.24) is 9.97 Å². The molecule has 1 heterocycles. The summed E-state index contributed by atoms with van der Waals surface area (Å²) in [7, 11) is 3.98. The van der Waals surface area contributed by atoms with Gasteiger partial charge in [0.25, 0.3) is 0 Å². The lowest BCUT2D eigenvalue weighted by atomic mass is 9.88. The second kappa shape index (κ2) is 5.49. The van der Waals surface area contributed by atoms with Gasteiger partial charge in [-0.25, -0.2) is 9.97 Å². The second-order valence-corrected chi connectivity index (χ2v) is 5.44. The third-order valence-corrected chi connectivity index (χ3v) is 3.80. The molecular formula is C16H20N4. The smallest absolute Gasteiger partial charge is 0.133 e. The highest BCUT2D eigenvalue weighted by molar-refractivity contribution is 5.49. The summed E-state index contributed by atoms with van der Waals surface area (Å²) in [5.74, 6) is 1.82. The largest absolute Gasteiger partial charge is 0.363 e. The maximum absolute atomic E-state index is 4.34. The monoisotopic (exact) mass is 268 g/mol. The Labute approximate surface area is 119 Å². The normalized spacial score (nSPS) is 17.4. The molecule has 104 valence electrons. The molecule has 1 unspecified atom stereocenters. The van der Waals surface area contributed by atoms with E-state index in [0.29, 0.717) is 6.04 Å². The Morgan fingerprint density at radius 1 is 1.20 bits per heavy atom. The van der Waals surface area contributed by atoms with Gasteiger partial charge in [0.15, 0.2) is 0 Å². The van der Waals surface area contributed by atoms with Crippen molar-refractivity contribution in [3.8, 4) is 0 Å². The van der Waals surface area contributed by atoms with Gasteiger partial charge in [0.1, 0.15) is 18.0 Å². The maximum atomic E-state index is 4.34. The third-order valence-electron chi connectivity index (χ3n) is 3.80. The molecule has 20 heavy (non-hydrogen) atoms. The molecule has 1 aromatic carbocycles. The number of fused-ring (bicyclic) bond motifs is 1. The van der Waals surface area contributed by atoms with Crippen LogP contribution in [0.25, 0.3) is 0 Å². The van der Waals surface area contributed by atoms with Crippen LogP contribution in [0.15, 0.2) is 36.7 Å². The van der Waals surface area contributed by atoms with Crippen LogP contribution in [0.1, 0.15) is 30.0 Å². The molecule has 1 atom stereocenters. The number of nitrogens with one attached hydrogen (secondary N) is 1. The van der Waals surface area contributed by atoms with Gasteiger partial charge in [0, 0.05) is 20.2 Å². The first kappa shape index (κ1) is 12.9. The first-order chi connectivity index (χ1) is 9.74. The molecule has 0 fully saturated rings. The Balaban J connectivity index is 1.84. The highest BCUT2D eigenvalue weighted by Crippen LogP contribution is 2.32. The number of benzene rings is 1. The summed E-state index contributed by atoms with van der Waals surface area (Å²) in [5, 5.41) is 3.55. The summed E-state index contributed by atoms with van der Waals surface area (Å²) >= 11 is 0. The fraction of sp³-hybridized carbons (Fsp3) is 0.375. The van der Waals surface area contributed by atoms with Gasteiger partial charge in [-0.1, -0.05) is 24.3 Å². The van der Waals surface area contributed by atoms with E-state index in [1.165, 1.54) is 24.0 Å². The Morgan fingerprint density at radius 2 is 2.05 bits per heavy atom. The van der Waals surface area contributed by atoms with E-state index in [1.54, 1.807) is 6.33 Å². The van der Waals surface area contributed by atoms with Crippen molar-refractivity contribution in [3.63, 3.8) is 0 Å². The van der Waals surface area contributed by atoms with Crippen LogP contribution < -0.4 is 10.2 Å². The molecule has 1 aliphatic rings. The van der Waals surface area contributed by atoms with Crippen molar-refractivity contribution in [2.45, 2.75) is 25.3 Å². The first-order valence-corrected chi connectivity index (χ1v) is 7.08. The lowest BCUT2D eigenvalue weighted by Gasteiger charge is -2.27. The Hall–Kier alpha value is -2.10. The van der Waals surface area contributed by atoms with Crippen molar-refractivity contribution in [2.75, 3.05) is 24.3 Å². The van der Waals surface area contributed by atoms with E-state index in [0.717, 1.165) is 18.1 Å². The van der Waals surface area contributed by atoms with E-state index in [2.05, 4.69) is 39.6 Å². The summed E-state index contributed by atoms with van der Waals surface area (Å²) in [5.41, 5.74) is 2.86. The van der Waals surface area contributed by atoms with Gasteiger partial charge >= 0.3 is 0 Å². The van der Waals surface area contributed by atoms with E-state index in [4.69, 9.17) is 0 Å². The van der Waals surface area contributed by atoms with Gasteiger partial charge < -0.3 is 10.2 Å². The fourth-order valence-corrected chi connectivity index (χ4v) is 2.75. The van der Waals surface area contributed by atoms with Crippen LogP contribution >= 0.6 is 0 Å². The van der Waals surface area contributed by atoms with Crippen molar-refractivity contribution < 1.29 is 0 Å². The van der Waals surface area contributed by atoms with Gasteiger partial charge in [0.2, 0.25) is 0 Å². The zero-order valence-corrected chi connectivity index (χ0v) is 12.0. The topological polar surface area (TPSA) is 41.0 Å². The van der Waals surface area contributed by atoms with Gasteiger partial charge in [-0.15, -0.1) is 0 Å². The summed E-state index contributed by atoms with van der Waals surface area (Å²) < 4.78 is 0. The number of nitrogens with zero attached hydrogens (tertiary/aromatic N) is 3. The molecular weight excluding hydrogens is 248 g/mol. The van der Waals surface area contributed by atoms with Gasteiger partial charge in [-0.05, 0) is 30.4 Å². The molecule has 0 saturated carbocycles. The van der Waals surface area contributed by atoms with Gasteiger partial charge in [-0.3, -0.25) is 0 Å². The molecule has 0 aliphatic heterocycles. The minimum absolute atomic E-state index is 0.352. The molecule has 1 aliphatic carbocycles. The van der Waals surface area contributed by atoms with Crippen molar-refractivity contribution in [1.29, 1.82) is 0 Å². The zero-order valence-electron chi connectivity index (χ0n) is 12.0. The lowest BCUT2D eigenvalue weighted by Crippen LogP contribution is -2.18. The molecule has 4 heteroatoms. The van der Waals surface area contributed by atoms with Crippen LogP contribution in [-0.2, 0) is 6.42 Å². The Bertz CT molecular complexity index is 595. The van der Waals surface area contributed by atoms with Crippen LogP contribution in [-0.4, -0.2) is 24.1 Å². The van der Waals surface area contributed by atoms with Gasteiger partial charge in [-0.2, -0.15) is 0 Å². The number of hydrogen-bond acceptors (Lipinski definition) is 4. The molecule has 2 aromatic rings. The molecule has 1 N–H and O–H groups in total. The van der Waals surface area contributed by atoms with Crippen molar-refractivity contribution in [2.24, 2.45) is 0 Å². The van der Waals surface area contributed by atoms with E-state index in [-0.39, 0.29) is 0 Å². The summed E-state index contributed by atoms with van der Waals surface area (Å²) in [6.45, 7) is 0. The average molecular weight is 268 g/mol. The van der Waals surface area contributed by atoms with Crippen LogP contribution in [0, 0.1) is 0 Å². The van der Waals surface area contributed by atoms with Crippen LogP contribution in [0.2, 0.25) is 0 Å². The average Bonchev–Trinajstić information content (AvgIpc) is 2.48. The molecule has 0 spiro atoms. The van der Waals surface area contributed by atoms with Gasteiger partial charge in [0.05, 0.1) is 6.04 Å². The molecule has 1 aromatic heterocycles. The molecule has 0 amide bonds. The van der Waals surface area contributed by atoms with E-state index in [9.17, 15) is 0 Å². The zero-order chi connectivity index (χ0) is 13.9. The molecule has 4 nitrogen and oxygen atoms in total. The van der Waals surface area contributed by atoms with Crippen LogP contribution in [0.4, 0.5) is 11.6 Å². The number of hydrogen-bond donors (Lipinski definition) is 1. The van der Waals surface area contributed by atoms with E-state index >= 15 is 0 Å². The number of rotatable bonds is 3. The van der Waals surface area contributed by atoms with E-state index in [1.807, 2.05) is 25.1 Å². The molecule has 0 radical (unpaired) electrons. The number of aryl methyl sites for hydroxylation is 1. The van der Waals surface area contributed by atoms with Crippen LogP contribution in [0.3, 0.4) is 0 Å². The highest BCUT2D eigenvalue weighted by atomic mass is 15.2. The first-order valence-electron chi connectivity index (χ1n) is 7.08.